The maximum atomic E-state index is 12.7. The number of nitrogen functional groups attached to an aromatic ring is 1. The Balaban J connectivity index is 2.27. The van der Waals surface area contributed by atoms with Gasteiger partial charge in [-0.15, -0.1) is 0 Å². The number of ether oxygens (including phenoxy) is 1. The lowest BCUT2D eigenvalue weighted by atomic mass is 10.0. The summed E-state index contributed by atoms with van der Waals surface area (Å²) in [7, 11) is -1.97. The van der Waals surface area contributed by atoms with Gasteiger partial charge in [-0.2, -0.15) is 4.31 Å². The molecule has 1 unspecified atom stereocenters. The lowest BCUT2D eigenvalue weighted by molar-refractivity contribution is 0.118. The fourth-order valence-corrected chi connectivity index (χ4v) is 4.54. The number of piperidine rings is 1. The molecule has 1 aromatic carbocycles. The molecule has 1 fully saturated rings. The van der Waals surface area contributed by atoms with E-state index in [9.17, 15) is 8.42 Å². The maximum absolute atomic E-state index is 12.7. The van der Waals surface area contributed by atoms with Crippen molar-refractivity contribution in [3.05, 3.63) is 23.2 Å². The number of nitrogens with zero attached hydrogens (tertiary/aromatic N) is 1. The molecule has 0 aromatic heterocycles. The molecule has 0 spiro atoms. The lowest BCUT2D eigenvalue weighted by Crippen LogP contribution is -2.41. The normalized spacial score (nSPS) is 21.0. The van der Waals surface area contributed by atoms with Crippen LogP contribution in [-0.2, 0) is 14.8 Å². The van der Waals surface area contributed by atoms with Gasteiger partial charge in [-0.25, -0.2) is 8.42 Å². The number of benzene rings is 1. The Labute approximate surface area is 124 Å². The van der Waals surface area contributed by atoms with E-state index < -0.39 is 10.0 Å². The standard InChI is InChI=1S/C13H19ClN2O3S/c1-19-9-10-3-2-6-16(8-10)20(17,18)13-7-11(15)4-5-12(13)14/h4-5,7,10H,2-3,6,8-9,15H2,1H3. The van der Waals surface area contributed by atoms with Crippen LogP contribution >= 0.6 is 11.6 Å². The minimum atomic E-state index is -3.60. The Bertz CT molecular complexity index is 575. The van der Waals surface area contributed by atoms with Gasteiger partial charge >= 0.3 is 0 Å². The molecule has 2 rings (SSSR count). The quantitative estimate of drug-likeness (QED) is 0.861. The zero-order valence-corrected chi connectivity index (χ0v) is 13.0. The second-order valence-electron chi connectivity index (χ2n) is 5.02. The van der Waals surface area contributed by atoms with Gasteiger partial charge in [0.25, 0.3) is 0 Å². The van der Waals surface area contributed by atoms with E-state index in [1.807, 2.05) is 0 Å². The molecule has 20 heavy (non-hydrogen) atoms. The summed E-state index contributed by atoms with van der Waals surface area (Å²) in [4.78, 5) is 0.0808. The molecule has 7 heteroatoms. The largest absolute Gasteiger partial charge is 0.399 e. The molecule has 0 bridgehead atoms. The number of hydrogen-bond donors (Lipinski definition) is 1. The van der Waals surface area contributed by atoms with Crippen LogP contribution in [0.4, 0.5) is 5.69 Å². The predicted octanol–water partition coefficient (Wildman–Crippen LogP) is 1.97. The van der Waals surface area contributed by atoms with Crippen LogP contribution in [-0.4, -0.2) is 39.5 Å². The fourth-order valence-electron chi connectivity index (χ4n) is 2.47. The third kappa shape index (κ3) is 3.25. The van der Waals surface area contributed by atoms with Crippen molar-refractivity contribution in [1.29, 1.82) is 0 Å². The first-order valence-electron chi connectivity index (χ1n) is 6.49. The average molecular weight is 319 g/mol. The van der Waals surface area contributed by atoms with Gasteiger partial charge < -0.3 is 10.5 Å². The molecule has 1 atom stereocenters. The van der Waals surface area contributed by atoms with E-state index in [1.54, 1.807) is 13.2 Å². The summed E-state index contributed by atoms with van der Waals surface area (Å²) in [5, 5.41) is 0.202. The van der Waals surface area contributed by atoms with E-state index in [-0.39, 0.29) is 15.8 Å². The van der Waals surface area contributed by atoms with Crippen LogP contribution in [0.5, 0.6) is 0 Å². The molecule has 2 N–H and O–H groups in total. The third-order valence-corrected chi connectivity index (χ3v) is 5.80. The number of sulfonamides is 1. The van der Waals surface area contributed by atoms with E-state index in [1.165, 1.54) is 16.4 Å². The van der Waals surface area contributed by atoms with Crippen molar-refractivity contribution in [1.82, 2.24) is 4.31 Å². The second-order valence-corrected chi connectivity index (χ2v) is 7.33. The van der Waals surface area contributed by atoms with Gasteiger partial charge in [-0.05, 0) is 37.0 Å². The predicted molar refractivity (Wildman–Crippen MR) is 79.2 cm³/mol. The SMILES string of the molecule is COCC1CCCN(S(=O)(=O)c2cc(N)ccc2Cl)C1. The van der Waals surface area contributed by atoms with Crippen molar-refractivity contribution < 1.29 is 13.2 Å². The van der Waals surface area contributed by atoms with Crippen LogP contribution in [0, 0.1) is 5.92 Å². The highest BCUT2D eigenvalue weighted by Gasteiger charge is 2.31. The molecule has 112 valence electrons. The zero-order valence-electron chi connectivity index (χ0n) is 11.4. The third-order valence-electron chi connectivity index (χ3n) is 3.46. The number of methoxy groups -OCH3 is 1. The van der Waals surface area contributed by atoms with Crippen LogP contribution < -0.4 is 5.73 Å². The van der Waals surface area contributed by atoms with Gasteiger partial charge in [0.15, 0.2) is 0 Å². The summed E-state index contributed by atoms with van der Waals surface area (Å²) < 4.78 is 31.9. The Morgan fingerprint density at radius 3 is 2.95 bits per heavy atom. The summed E-state index contributed by atoms with van der Waals surface area (Å²) in [5.41, 5.74) is 6.05. The van der Waals surface area contributed by atoms with E-state index in [4.69, 9.17) is 22.1 Å². The van der Waals surface area contributed by atoms with Crippen LogP contribution in [0.25, 0.3) is 0 Å². The van der Waals surface area contributed by atoms with Gasteiger partial charge in [-0.3, -0.25) is 0 Å². The highest BCUT2D eigenvalue weighted by molar-refractivity contribution is 7.89. The van der Waals surface area contributed by atoms with Gasteiger partial charge in [0.2, 0.25) is 10.0 Å². The zero-order chi connectivity index (χ0) is 14.8. The molecular formula is C13H19ClN2O3S. The molecule has 0 saturated carbocycles. The highest BCUT2D eigenvalue weighted by atomic mass is 35.5. The number of hydrogen-bond acceptors (Lipinski definition) is 4. The van der Waals surface area contributed by atoms with Crippen molar-refractivity contribution in [2.45, 2.75) is 17.7 Å². The van der Waals surface area contributed by atoms with Crippen molar-refractivity contribution in [3.8, 4) is 0 Å². The first kappa shape index (κ1) is 15.6. The Morgan fingerprint density at radius 2 is 2.25 bits per heavy atom. The minimum absolute atomic E-state index is 0.0808. The molecule has 1 heterocycles. The number of rotatable bonds is 4. The smallest absolute Gasteiger partial charge is 0.244 e. The summed E-state index contributed by atoms with van der Waals surface area (Å²) in [6, 6.07) is 4.52. The molecular weight excluding hydrogens is 300 g/mol. The molecule has 1 saturated heterocycles. The summed E-state index contributed by atoms with van der Waals surface area (Å²) in [6.45, 7) is 1.53. The van der Waals surface area contributed by atoms with E-state index in [0.29, 0.717) is 25.4 Å². The first-order chi connectivity index (χ1) is 9.45. The van der Waals surface area contributed by atoms with Gasteiger partial charge in [-0.1, -0.05) is 11.6 Å². The van der Waals surface area contributed by atoms with E-state index in [2.05, 4.69) is 0 Å². The lowest BCUT2D eigenvalue weighted by Gasteiger charge is -2.31. The first-order valence-corrected chi connectivity index (χ1v) is 8.31. The molecule has 1 aromatic rings. The summed E-state index contributed by atoms with van der Waals surface area (Å²) in [6.07, 6.45) is 1.80. The number of anilines is 1. The van der Waals surface area contributed by atoms with Gasteiger partial charge in [0.1, 0.15) is 4.90 Å². The van der Waals surface area contributed by atoms with Gasteiger partial charge in [0, 0.05) is 25.9 Å². The summed E-state index contributed by atoms with van der Waals surface area (Å²) in [5.74, 6) is 0.225. The fraction of sp³-hybridized carbons (Fsp3) is 0.538. The highest BCUT2D eigenvalue weighted by Crippen LogP contribution is 2.29. The summed E-state index contributed by atoms with van der Waals surface area (Å²) >= 11 is 6.01. The average Bonchev–Trinajstić information content (AvgIpc) is 2.42. The Hall–Kier alpha value is -0.820. The second kappa shape index (κ2) is 6.30. The number of halogens is 1. The maximum Gasteiger partial charge on any atom is 0.244 e. The molecule has 0 aliphatic carbocycles. The van der Waals surface area contributed by atoms with Crippen molar-refractivity contribution in [2.24, 2.45) is 5.92 Å². The van der Waals surface area contributed by atoms with E-state index in [0.717, 1.165) is 12.8 Å². The minimum Gasteiger partial charge on any atom is -0.399 e. The number of nitrogens with two attached hydrogens (primary N) is 1. The molecule has 0 amide bonds. The topological polar surface area (TPSA) is 72.6 Å². The monoisotopic (exact) mass is 318 g/mol. The van der Waals surface area contributed by atoms with Crippen molar-refractivity contribution >= 4 is 27.3 Å². The Kier molecular flexibility index (Phi) is 4.90. The van der Waals surface area contributed by atoms with Crippen molar-refractivity contribution in [3.63, 3.8) is 0 Å². The van der Waals surface area contributed by atoms with Gasteiger partial charge in [0.05, 0.1) is 11.6 Å². The van der Waals surface area contributed by atoms with Crippen LogP contribution in [0.2, 0.25) is 5.02 Å². The van der Waals surface area contributed by atoms with E-state index >= 15 is 0 Å². The van der Waals surface area contributed by atoms with Crippen molar-refractivity contribution in [2.75, 3.05) is 32.5 Å². The Morgan fingerprint density at radius 1 is 1.50 bits per heavy atom. The molecule has 5 nitrogen and oxygen atoms in total. The van der Waals surface area contributed by atoms with Crippen LogP contribution in [0.15, 0.2) is 23.1 Å². The van der Waals surface area contributed by atoms with Crippen LogP contribution in [0.1, 0.15) is 12.8 Å². The van der Waals surface area contributed by atoms with Crippen LogP contribution in [0.3, 0.4) is 0 Å². The molecule has 1 aliphatic heterocycles. The molecule has 1 aliphatic rings. The molecule has 0 radical (unpaired) electrons.